The second kappa shape index (κ2) is 14.4. The third kappa shape index (κ3) is 7.95. The van der Waals surface area contributed by atoms with E-state index in [4.69, 9.17) is 17.3 Å². The normalized spacial score (nSPS) is 21.6. The number of likely N-dealkylation sites (tertiary alicyclic amines) is 1. The smallest absolute Gasteiger partial charge is 0.249 e. The summed E-state index contributed by atoms with van der Waals surface area (Å²) in [4.78, 5) is 46.3. The molecule has 1 aliphatic heterocycles. The lowest BCUT2D eigenvalue weighted by Crippen LogP contribution is -2.58. The zero-order valence-electron chi connectivity index (χ0n) is 27.4. The van der Waals surface area contributed by atoms with E-state index in [2.05, 4.69) is 0 Å². The van der Waals surface area contributed by atoms with Gasteiger partial charge in [-0.25, -0.2) is 0 Å². The fourth-order valence-corrected chi connectivity index (χ4v) is 6.67. The topological polar surface area (TPSA) is 107 Å². The van der Waals surface area contributed by atoms with Crippen LogP contribution in [0.4, 0.5) is 0 Å². The van der Waals surface area contributed by atoms with Gasteiger partial charge in [-0.15, -0.1) is 11.6 Å². The SMILES string of the molecule is CN(C(=O)/C=C/CC(C)(N)Cl)[C@H](Cc1ccc(-c2ccccc2)cc1)C(=O)N(C)C1(C(=O)N2CCC(O)CC2)C[C@H]1c1ccccc1. The summed E-state index contributed by atoms with van der Waals surface area (Å²) in [5.41, 5.74) is 8.81. The van der Waals surface area contributed by atoms with Gasteiger partial charge < -0.3 is 25.5 Å². The number of nitrogens with zero attached hydrogens (tertiary/aromatic N) is 3. The number of rotatable bonds is 11. The Hall–Kier alpha value is -3.98. The second-order valence-electron chi connectivity index (χ2n) is 13.1. The summed E-state index contributed by atoms with van der Waals surface area (Å²) in [7, 11) is 3.31. The fourth-order valence-electron chi connectivity index (χ4n) is 6.58. The molecule has 248 valence electrons. The molecule has 0 bridgehead atoms. The van der Waals surface area contributed by atoms with Crippen molar-refractivity contribution in [3.05, 3.63) is 108 Å². The molecule has 9 heteroatoms. The van der Waals surface area contributed by atoms with Crippen LogP contribution in [0.2, 0.25) is 0 Å². The Kier molecular flexibility index (Phi) is 10.5. The molecule has 4 atom stereocenters. The molecule has 1 aliphatic carbocycles. The maximum absolute atomic E-state index is 14.7. The van der Waals surface area contributed by atoms with Crippen molar-refractivity contribution in [3.8, 4) is 11.1 Å². The first-order valence-corrected chi connectivity index (χ1v) is 16.6. The van der Waals surface area contributed by atoms with Crippen molar-refractivity contribution in [1.29, 1.82) is 0 Å². The van der Waals surface area contributed by atoms with Crippen LogP contribution >= 0.6 is 11.6 Å². The third-order valence-electron chi connectivity index (χ3n) is 9.55. The van der Waals surface area contributed by atoms with E-state index in [0.717, 1.165) is 22.3 Å². The van der Waals surface area contributed by atoms with Crippen LogP contribution in [0.5, 0.6) is 0 Å². The summed E-state index contributed by atoms with van der Waals surface area (Å²) in [5.74, 6) is -0.974. The predicted molar refractivity (Wildman–Crippen MR) is 185 cm³/mol. The molecule has 3 aromatic rings. The summed E-state index contributed by atoms with van der Waals surface area (Å²) >= 11 is 6.13. The van der Waals surface area contributed by atoms with Crippen molar-refractivity contribution in [1.82, 2.24) is 14.7 Å². The number of hydrogen-bond donors (Lipinski definition) is 2. The van der Waals surface area contributed by atoms with Gasteiger partial charge in [-0.05, 0) is 60.9 Å². The molecule has 1 saturated carbocycles. The molecule has 5 rings (SSSR count). The van der Waals surface area contributed by atoms with Gasteiger partial charge in [0.1, 0.15) is 11.6 Å². The summed E-state index contributed by atoms with van der Waals surface area (Å²) in [6, 6.07) is 26.9. The van der Waals surface area contributed by atoms with E-state index in [0.29, 0.717) is 32.4 Å². The van der Waals surface area contributed by atoms with E-state index in [1.807, 2.05) is 84.9 Å². The van der Waals surface area contributed by atoms with Crippen LogP contribution in [-0.4, -0.2) is 87.4 Å². The number of amides is 3. The second-order valence-corrected chi connectivity index (χ2v) is 14.0. The van der Waals surface area contributed by atoms with Crippen molar-refractivity contribution < 1.29 is 19.5 Å². The molecule has 0 spiro atoms. The highest BCUT2D eigenvalue weighted by atomic mass is 35.5. The number of halogens is 1. The summed E-state index contributed by atoms with van der Waals surface area (Å²) < 4.78 is 0. The molecule has 0 radical (unpaired) electrons. The summed E-state index contributed by atoms with van der Waals surface area (Å²) in [5, 5.41) is 10.1. The quantitative estimate of drug-likeness (QED) is 0.173. The van der Waals surface area contributed by atoms with Crippen molar-refractivity contribution in [2.75, 3.05) is 27.2 Å². The maximum Gasteiger partial charge on any atom is 0.249 e. The number of alkyl halides is 1. The van der Waals surface area contributed by atoms with Gasteiger partial charge >= 0.3 is 0 Å². The lowest BCUT2D eigenvalue weighted by Gasteiger charge is -2.39. The van der Waals surface area contributed by atoms with Gasteiger partial charge in [0, 0.05) is 39.5 Å². The van der Waals surface area contributed by atoms with Gasteiger partial charge in [0.05, 0.1) is 11.1 Å². The van der Waals surface area contributed by atoms with Crippen molar-refractivity contribution in [3.63, 3.8) is 0 Å². The van der Waals surface area contributed by atoms with E-state index in [1.54, 1.807) is 36.9 Å². The minimum absolute atomic E-state index is 0.113. The van der Waals surface area contributed by atoms with Gasteiger partial charge in [0.25, 0.3) is 0 Å². The van der Waals surface area contributed by atoms with Crippen LogP contribution in [-0.2, 0) is 20.8 Å². The molecular weight excluding hydrogens is 612 g/mol. The molecule has 2 unspecified atom stereocenters. The first-order chi connectivity index (χ1) is 22.4. The van der Waals surface area contributed by atoms with Gasteiger partial charge in [-0.1, -0.05) is 91.0 Å². The number of aliphatic hydroxyl groups excluding tert-OH is 1. The third-order valence-corrected chi connectivity index (χ3v) is 9.71. The molecule has 47 heavy (non-hydrogen) atoms. The molecule has 3 N–H and O–H groups in total. The number of likely N-dealkylation sites (N-methyl/N-ethyl adjacent to an activating group) is 2. The van der Waals surface area contributed by atoms with Crippen LogP contribution in [0, 0.1) is 0 Å². The Morgan fingerprint density at radius 3 is 2.15 bits per heavy atom. The fraction of sp³-hybridized carbons (Fsp3) is 0.395. The molecule has 1 heterocycles. The lowest BCUT2D eigenvalue weighted by atomic mass is 9.97. The van der Waals surface area contributed by atoms with Crippen LogP contribution in [0.1, 0.15) is 49.7 Å². The number of benzene rings is 3. The molecular formula is C38H45ClN4O4. The highest BCUT2D eigenvalue weighted by Crippen LogP contribution is 2.56. The van der Waals surface area contributed by atoms with Gasteiger partial charge in [0.2, 0.25) is 17.7 Å². The minimum Gasteiger partial charge on any atom is -0.393 e. The number of carbonyl (C=O) groups excluding carboxylic acids is 3. The van der Waals surface area contributed by atoms with Gasteiger partial charge in [-0.3, -0.25) is 14.4 Å². The molecule has 2 fully saturated rings. The molecule has 2 aliphatic rings. The Labute approximate surface area is 282 Å². The average molecular weight is 657 g/mol. The Bertz CT molecular complexity index is 1570. The highest BCUT2D eigenvalue weighted by molar-refractivity contribution is 6.23. The molecule has 3 aromatic carbocycles. The average Bonchev–Trinajstić information content (AvgIpc) is 3.84. The van der Waals surface area contributed by atoms with Gasteiger partial charge in [-0.2, -0.15) is 0 Å². The first-order valence-electron chi connectivity index (χ1n) is 16.3. The number of carbonyl (C=O) groups is 3. The number of nitrogens with two attached hydrogens (primary N) is 1. The number of hydrogen-bond acceptors (Lipinski definition) is 5. The van der Waals surface area contributed by atoms with Crippen molar-refractivity contribution in [2.24, 2.45) is 5.73 Å². The van der Waals surface area contributed by atoms with Crippen LogP contribution in [0.15, 0.2) is 97.1 Å². The van der Waals surface area contributed by atoms with E-state index < -0.39 is 22.7 Å². The van der Waals surface area contributed by atoms with Crippen LogP contribution in [0.3, 0.4) is 0 Å². The standard InChI is InChI=1S/C38H45ClN4O4/c1-37(39,40)22-10-15-34(45)41(2)33(25-27-16-18-29(19-17-27)28-11-6-4-7-12-28)35(46)42(3)38(26-32(38)30-13-8-5-9-14-30)36(47)43-23-20-31(44)21-24-43/h4-19,31-33,44H,20-26,40H2,1-3H3/b15-10+/t32-,33+,37?,38?/m0/s1. The summed E-state index contributed by atoms with van der Waals surface area (Å²) in [6.07, 6.45) is 4.61. The Morgan fingerprint density at radius 1 is 0.979 bits per heavy atom. The number of aliphatic hydroxyl groups is 1. The molecule has 0 aromatic heterocycles. The van der Waals surface area contributed by atoms with Crippen molar-refractivity contribution >= 4 is 29.3 Å². The molecule has 3 amide bonds. The van der Waals surface area contributed by atoms with Crippen LogP contribution < -0.4 is 5.73 Å². The monoisotopic (exact) mass is 656 g/mol. The van der Waals surface area contributed by atoms with Crippen LogP contribution in [0.25, 0.3) is 11.1 Å². The van der Waals surface area contributed by atoms with Crippen molar-refractivity contribution in [2.45, 2.75) is 67.6 Å². The Balaban J connectivity index is 1.46. The van der Waals surface area contributed by atoms with E-state index in [-0.39, 0.29) is 36.5 Å². The summed E-state index contributed by atoms with van der Waals surface area (Å²) in [6.45, 7) is 2.53. The Morgan fingerprint density at radius 2 is 1.55 bits per heavy atom. The zero-order valence-corrected chi connectivity index (χ0v) is 28.1. The number of piperidine rings is 1. The van der Waals surface area contributed by atoms with E-state index in [1.165, 1.54) is 11.0 Å². The minimum atomic E-state index is -1.09. The lowest BCUT2D eigenvalue weighted by molar-refractivity contribution is -0.152. The predicted octanol–water partition coefficient (Wildman–Crippen LogP) is 4.95. The maximum atomic E-state index is 14.7. The first kappa shape index (κ1) is 34.4. The zero-order chi connectivity index (χ0) is 33.8. The van der Waals surface area contributed by atoms with Gasteiger partial charge in [0.15, 0.2) is 0 Å². The van der Waals surface area contributed by atoms with E-state index >= 15 is 0 Å². The molecule has 8 nitrogen and oxygen atoms in total. The molecule has 1 saturated heterocycles. The largest absolute Gasteiger partial charge is 0.393 e. The van der Waals surface area contributed by atoms with E-state index in [9.17, 15) is 19.5 Å². The highest BCUT2D eigenvalue weighted by Gasteiger charge is 2.66.